The zero-order valence-electron chi connectivity index (χ0n) is 9.21. The number of rotatable bonds is 7. The van der Waals surface area contributed by atoms with E-state index in [1.54, 1.807) is 0 Å². The van der Waals surface area contributed by atoms with Crippen molar-refractivity contribution in [2.24, 2.45) is 5.41 Å². The van der Waals surface area contributed by atoms with Crippen molar-refractivity contribution in [2.75, 3.05) is 0 Å². The van der Waals surface area contributed by atoms with Crippen LogP contribution in [0.25, 0.3) is 0 Å². The Bertz CT molecular complexity index is 119. The molecule has 2 N–H and O–H groups in total. The van der Waals surface area contributed by atoms with Gasteiger partial charge in [-0.15, -0.1) is 0 Å². The molecule has 0 aromatic rings. The molecule has 0 spiro atoms. The molecule has 0 bridgehead atoms. The van der Waals surface area contributed by atoms with Crippen LogP contribution in [0.4, 0.5) is 0 Å². The van der Waals surface area contributed by atoms with Gasteiger partial charge in [0.2, 0.25) is 0 Å². The van der Waals surface area contributed by atoms with Crippen molar-refractivity contribution in [3.63, 3.8) is 0 Å². The second-order valence-electron chi connectivity index (χ2n) is 4.53. The predicted molar refractivity (Wildman–Crippen MR) is 55.4 cm³/mol. The van der Waals surface area contributed by atoms with Crippen LogP contribution in [0.15, 0.2) is 0 Å². The third kappa shape index (κ3) is 6.05. The summed E-state index contributed by atoms with van der Waals surface area (Å²) in [7, 11) is 0. The standard InChI is InChI=1S/C11H24O2/c1-4-5-6-7-8-9-11(2,3)10(12)13/h10,12-13H,4-9H2,1-3H3. The van der Waals surface area contributed by atoms with E-state index in [-0.39, 0.29) is 5.41 Å². The van der Waals surface area contributed by atoms with Crippen LogP contribution in [-0.4, -0.2) is 16.5 Å². The van der Waals surface area contributed by atoms with E-state index in [4.69, 9.17) is 10.2 Å². The first-order valence-corrected chi connectivity index (χ1v) is 5.37. The molecular weight excluding hydrogens is 164 g/mol. The Morgan fingerprint density at radius 2 is 1.54 bits per heavy atom. The molecule has 2 nitrogen and oxygen atoms in total. The summed E-state index contributed by atoms with van der Waals surface area (Å²) in [5.41, 5.74) is -0.341. The van der Waals surface area contributed by atoms with Crippen LogP contribution in [0.2, 0.25) is 0 Å². The lowest BCUT2D eigenvalue weighted by Gasteiger charge is -2.26. The maximum Gasteiger partial charge on any atom is 0.156 e. The van der Waals surface area contributed by atoms with Gasteiger partial charge in [-0.1, -0.05) is 52.9 Å². The molecule has 0 saturated carbocycles. The molecule has 0 unspecified atom stereocenters. The summed E-state index contributed by atoms with van der Waals surface area (Å²) in [5, 5.41) is 18.1. The number of hydrogen-bond acceptors (Lipinski definition) is 2. The van der Waals surface area contributed by atoms with Crippen LogP contribution in [0.3, 0.4) is 0 Å². The smallest absolute Gasteiger partial charge is 0.156 e. The quantitative estimate of drug-likeness (QED) is 0.476. The van der Waals surface area contributed by atoms with Crippen molar-refractivity contribution in [1.82, 2.24) is 0 Å². The number of hydrogen-bond donors (Lipinski definition) is 2. The normalized spacial score (nSPS) is 12.5. The van der Waals surface area contributed by atoms with Gasteiger partial charge < -0.3 is 10.2 Å². The second-order valence-corrected chi connectivity index (χ2v) is 4.53. The van der Waals surface area contributed by atoms with Crippen molar-refractivity contribution in [2.45, 2.75) is 65.6 Å². The van der Waals surface area contributed by atoms with Crippen LogP contribution in [0.1, 0.15) is 59.3 Å². The lowest BCUT2D eigenvalue weighted by Crippen LogP contribution is -2.28. The lowest BCUT2D eigenvalue weighted by molar-refractivity contribution is -0.124. The summed E-state index contributed by atoms with van der Waals surface area (Å²) in [4.78, 5) is 0. The van der Waals surface area contributed by atoms with E-state index in [9.17, 15) is 0 Å². The summed E-state index contributed by atoms with van der Waals surface area (Å²) in [6.07, 6.45) is 5.85. The molecule has 0 aromatic heterocycles. The van der Waals surface area contributed by atoms with E-state index in [0.717, 1.165) is 12.8 Å². The molecule has 0 fully saturated rings. The molecule has 0 atom stereocenters. The zero-order chi connectivity index (χ0) is 10.3. The van der Waals surface area contributed by atoms with E-state index in [1.165, 1.54) is 25.7 Å². The average molecular weight is 188 g/mol. The van der Waals surface area contributed by atoms with Gasteiger partial charge in [0, 0.05) is 5.41 Å². The Hall–Kier alpha value is -0.0800. The monoisotopic (exact) mass is 188 g/mol. The minimum absolute atomic E-state index is 0.341. The molecule has 0 aromatic carbocycles. The fourth-order valence-electron chi connectivity index (χ4n) is 1.31. The van der Waals surface area contributed by atoms with Crippen LogP contribution in [0.5, 0.6) is 0 Å². The van der Waals surface area contributed by atoms with Crippen molar-refractivity contribution >= 4 is 0 Å². The second kappa shape index (κ2) is 6.39. The molecule has 0 aliphatic rings. The molecule has 0 radical (unpaired) electrons. The van der Waals surface area contributed by atoms with Crippen LogP contribution in [-0.2, 0) is 0 Å². The third-order valence-corrected chi connectivity index (χ3v) is 2.62. The molecule has 0 rings (SSSR count). The summed E-state index contributed by atoms with van der Waals surface area (Å²) in [6, 6.07) is 0. The first kappa shape index (κ1) is 12.9. The minimum atomic E-state index is -1.18. The topological polar surface area (TPSA) is 40.5 Å². The predicted octanol–water partition coefficient (Wildman–Crippen LogP) is 2.68. The highest BCUT2D eigenvalue weighted by atomic mass is 16.5. The number of aliphatic hydroxyl groups excluding tert-OH is 1. The minimum Gasteiger partial charge on any atom is -0.368 e. The molecule has 0 heterocycles. The van der Waals surface area contributed by atoms with Crippen LogP contribution in [0, 0.1) is 5.41 Å². The van der Waals surface area contributed by atoms with Gasteiger partial charge in [-0.3, -0.25) is 0 Å². The third-order valence-electron chi connectivity index (χ3n) is 2.62. The Labute approximate surface area is 82.0 Å². The average Bonchev–Trinajstić information content (AvgIpc) is 2.03. The maximum atomic E-state index is 9.04. The maximum absolute atomic E-state index is 9.04. The van der Waals surface area contributed by atoms with Crippen molar-refractivity contribution in [3.05, 3.63) is 0 Å². The molecule has 13 heavy (non-hydrogen) atoms. The highest BCUT2D eigenvalue weighted by Gasteiger charge is 2.24. The molecule has 0 amide bonds. The summed E-state index contributed by atoms with van der Waals surface area (Å²) < 4.78 is 0. The van der Waals surface area contributed by atoms with E-state index >= 15 is 0 Å². The fourth-order valence-corrected chi connectivity index (χ4v) is 1.31. The first-order chi connectivity index (χ1) is 6.00. The zero-order valence-corrected chi connectivity index (χ0v) is 9.21. The van der Waals surface area contributed by atoms with Crippen LogP contribution < -0.4 is 0 Å². The summed E-state index contributed by atoms with van der Waals surface area (Å²) >= 11 is 0. The van der Waals surface area contributed by atoms with Crippen molar-refractivity contribution in [1.29, 1.82) is 0 Å². The lowest BCUT2D eigenvalue weighted by atomic mass is 9.86. The van der Waals surface area contributed by atoms with E-state index in [1.807, 2.05) is 13.8 Å². The SMILES string of the molecule is CCCCCCCC(C)(C)C(O)O. The Morgan fingerprint density at radius 3 is 2.00 bits per heavy atom. The van der Waals surface area contributed by atoms with E-state index < -0.39 is 6.29 Å². The van der Waals surface area contributed by atoms with Gasteiger partial charge >= 0.3 is 0 Å². The van der Waals surface area contributed by atoms with Gasteiger partial charge in [-0.2, -0.15) is 0 Å². The summed E-state index contributed by atoms with van der Waals surface area (Å²) in [5.74, 6) is 0. The summed E-state index contributed by atoms with van der Waals surface area (Å²) in [6.45, 7) is 6.00. The molecule has 0 aliphatic heterocycles. The first-order valence-electron chi connectivity index (χ1n) is 5.37. The van der Waals surface area contributed by atoms with E-state index in [0.29, 0.717) is 0 Å². The number of unbranched alkanes of at least 4 members (excludes halogenated alkanes) is 4. The van der Waals surface area contributed by atoms with Gasteiger partial charge in [0.25, 0.3) is 0 Å². The van der Waals surface area contributed by atoms with Gasteiger partial charge in [0.15, 0.2) is 6.29 Å². The van der Waals surface area contributed by atoms with Crippen LogP contribution >= 0.6 is 0 Å². The van der Waals surface area contributed by atoms with Crippen molar-refractivity contribution in [3.8, 4) is 0 Å². The van der Waals surface area contributed by atoms with Crippen molar-refractivity contribution < 1.29 is 10.2 Å². The number of aliphatic hydroxyl groups is 2. The molecule has 0 aliphatic carbocycles. The molecule has 2 heteroatoms. The fraction of sp³-hybridized carbons (Fsp3) is 1.00. The Morgan fingerprint density at radius 1 is 1.00 bits per heavy atom. The molecule has 80 valence electrons. The van der Waals surface area contributed by atoms with Gasteiger partial charge in [0.05, 0.1) is 0 Å². The highest BCUT2D eigenvalue weighted by molar-refractivity contribution is 4.70. The van der Waals surface area contributed by atoms with Gasteiger partial charge in [0.1, 0.15) is 0 Å². The highest BCUT2D eigenvalue weighted by Crippen LogP contribution is 2.26. The molecular formula is C11H24O2. The van der Waals surface area contributed by atoms with Gasteiger partial charge in [-0.25, -0.2) is 0 Å². The Kier molecular flexibility index (Phi) is 6.35. The Balaban J connectivity index is 3.41. The molecule has 0 saturated heterocycles. The largest absolute Gasteiger partial charge is 0.368 e. The van der Waals surface area contributed by atoms with Gasteiger partial charge in [-0.05, 0) is 6.42 Å². The van der Waals surface area contributed by atoms with E-state index in [2.05, 4.69) is 6.92 Å².